The predicted molar refractivity (Wildman–Crippen MR) is 70.9 cm³/mol. The van der Waals surface area contributed by atoms with Crippen LogP contribution in [0, 0.1) is 6.92 Å². The van der Waals surface area contributed by atoms with Gasteiger partial charge in [0, 0.05) is 10.5 Å². The van der Waals surface area contributed by atoms with Crippen molar-refractivity contribution in [3.63, 3.8) is 0 Å². The summed E-state index contributed by atoms with van der Waals surface area (Å²) in [5, 5.41) is 8.61. The number of aliphatic carboxylic acids is 1. The molecule has 1 unspecified atom stereocenters. The van der Waals surface area contributed by atoms with Gasteiger partial charge in [-0.15, -0.1) is 0 Å². The Kier molecular flexibility index (Phi) is 4.89. The average molecular weight is 336 g/mol. The molecule has 1 aromatic rings. The van der Waals surface area contributed by atoms with E-state index in [1.54, 1.807) is 19.1 Å². The Bertz CT molecular complexity index is 556. The number of sulfonamides is 1. The molecule has 5 nitrogen and oxygen atoms in total. The van der Waals surface area contributed by atoms with Crippen LogP contribution in [0.1, 0.15) is 18.9 Å². The maximum Gasteiger partial charge on any atom is 0.304 e. The molecule has 0 saturated heterocycles. The highest BCUT2D eigenvalue weighted by atomic mass is 79.9. The Balaban J connectivity index is 2.99. The molecule has 0 aliphatic carbocycles. The zero-order valence-electron chi connectivity index (χ0n) is 9.97. The second-order valence-electron chi connectivity index (χ2n) is 4.03. The molecule has 0 heterocycles. The number of carboxylic acid groups (broad SMARTS) is 1. The summed E-state index contributed by atoms with van der Waals surface area (Å²) in [7, 11) is -3.70. The molecule has 0 spiro atoms. The summed E-state index contributed by atoms with van der Waals surface area (Å²) in [6, 6.07) is 4.26. The van der Waals surface area contributed by atoms with Gasteiger partial charge in [0.1, 0.15) is 0 Å². The Hall–Kier alpha value is -0.920. The lowest BCUT2D eigenvalue weighted by Crippen LogP contribution is -2.34. The fourth-order valence-corrected chi connectivity index (χ4v) is 3.52. The van der Waals surface area contributed by atoms with E-state index in [4.69, 9.17) is 5.11 Å². The summed E-state index contributed by atoms with van der Waals surface area (Å²) in [6.07, 6.45) is -0.258. The van der Waals surface area contributed by atoms with Crippen LogP contribution in [-0.2, 0) is 14.8 Å². The van der Waals surface area contributed by atoms with E-state index < -0.39 is 22.0 Å². The Labute approximate surface area is 114 Å². The monoisotopic (exact) mass is 335 g/mol. The Morgan fingerprint density at radius 1 is 1.50 bits per heavy atom. The van der Waals surface area contributed by atoms with Gasteiger partial charge in [0.2, 0.25) is 10.0 Å². The number of aryl methyl sites for hydroxylation is 1. The van der Waals surface area contributed by atoms with Crippen LogP contribution in [0.25, 0.3) is 0 Å². The molecule has 0 aromatic heterocycles. The van der Waals surface area contributed by atoms with E-state index >= 15 is 0 Å². The van der Waals surface area contributed by atoms with Crippen molar-refractivity contribution in [2.75, 3.05) is 0 Å². The molecule has 0 aliphatic rings. The van der Waals surface area contributed by atoms with E-state index in [0.717, 1.165) is 0 Å². The normalized spacial score (nSPS) is 13.3. The minimum atomic E-state index is -3.70. The summed E-state index contributed by atoms with van der Waals surface area (Å²) < 4.78 is 27.1. The Morgan fingerprint density at radius 3 is 2.67 bits per heavy atom. The van der Waals surface area contributed by atoms with E-state index in [2.05, 4.69) is 20.7 Å². The fraction of sp³-hybridized carbons (Fsp3) is 0.364. The molecule has 0 aliphatic heterocycles. The van der Waals surface area contributed by atoms with Gasteiger partial charge in [-0.05, 0) is 31.5 Å². The van der Waals surface area contributed by atoms with Crippen LogP contribution in [-0.4, -0.2) is 25.5 Å². The van der Waals surface area contributed by atoms with E-state index in [0.29, 0.717) is 10.0 Å². The highest BCUT2D eigenvalue weighted by Crippen LogP contribution is 2.20. The molecule has 1 atom stereocenters. The SMILES string of the molecule is Cc1ccc(Br)cc1S(=O)(=O)NC(C)CC(=O)O. The van der Waals surface area contributed by atoms with Crippen LogP contribution in [0.4, 0.5) is 0 Å². The highest BCUT2D eigenvalue weighted by molar-refractivity contribution is 9.10. The number of benzene rings is 1. The third-order valence-electron chi connectivity index (χ3n) is 2.28. The second-order valence-corrected chi connectivity index (χ2v) is 6.63. The summed E-state index contributed by atoms with van der Waals surface area (Å²) in [4.78, 5) is 10.7. The lowest BCUT2D eigenvalue weighted by Gasteiger charge is -2.14. The van der Waals surface area contributed by atoms with Gasteiger partial charge >= 0.3 is 5.97 Å². The molecule has 0 fully saturated rings. The largest absolute Gasteiger partial charge is 0.481 e. The van der Waals surface area contributed by atoms with E-state index in [-0.39, 0.29) is 11.3 Å². The molecule has 7 heteroatoms. The standard InChI is InChI=1S/C11H14BrNO4S/c1-7-3-4-9(12)6-10(7)18(16,17)13-8(2)5-11(14)15/h3-4,6,8,13H,5H2,1-2H3,(H,14,15). The van der Waals surface area contributed by atoms with Gasteiger partial charge in [-0.1, -0.05) is 22.0 Å². The van der Waals surface area contributed by atoms with Crippen molar-refractivity contribution in [3.05, 3.63) is 28.2 Å². The number of nitrogens with one attached hydrogen (secondary N) is 1. The molecule has 0 radical (unpaired) electrons. The molecule has 0 saturated carbocycles. The number of halogens is 1. The third kappa shape index (κ3) is 4.08. The molecule has 100 valence electrons. The van der Waals surface area contributed by atoms with Crippen LogP contribution < -0.4 is 4.72 Å². The zero-order valence-corrected chi connectivity index (χ0v) is 12.4. The number of hydrogen-bond donors (Lipinski definition) is 2. The number of carbonyl (C=O) groups is 1. The third-order valence-corrected chi connectivity index (χ3v) is 4.50. The number of hydrogen-bond acceptors (Lipinski definition) is 3. The van der Waals surface area contributed by atoms with Crippen LogP contribution >= 0.6 is 15.9 Å². The molecule has 1 rings (SSSR count). The van der Waals surface area contributed by atoms with E-state index in [1.807, 2.05) is 0 Å². The van der Waals surface area contributed by atoms with Crippen molar-refractivity contribution in [1.82, 2.24) is 4.72 Å². The van der Waals surface area contributed by atoms with Gasteiger partial charge in [0.05, 0.1) is 11.3 Å². The maximum absolute atomic E-state index is 12.1. The van der Waals surface area contributed by atoms with Gasteiger partial charge in [-0.3, -0.25) is 4.79 Å². The number of carboxylic acids is 1. The topological polar surface area (TPSA) is 83.5 Å². The van der Waals surface area contributed by atoms with Gasteiger partial charge in [0.25, 0.3) is 0 Å². The summed E-state index contributed by atoms with van der Waals surface area (Å²) in [5.41, 5.74) is 0.605. The molecular formula is C11H14BrNO4S. The Morgan fingerprint density at radius 2 is 2.11 bits per heavy atom. The molecule has 2 N–H and O–H groups in total. The minimum absolute atomic E-state index is 0.147. The van der Waals surface area contributed by atoms with Crippen LogP contribution in [0.15, 0.2) is 27.6 Å². The first kappa shape index (κ1) is 15.1. The smallest absolute Gasteiger partial charge is 0.304 e. The number of rotatable bonds is 5. The first-order valence-corrected chi connectivity index (χ1v) is 7.50. The molecule has 18 heavy (non-hydrogen) atoms. The minimum Gasteiger partial charge on any atom is -0.481 e. The molecule has 0 bridgehead atoms. The van der Waals surface area contributed by atoms with Gasteiger partial charge < -0.3 is 5.11 Å². The molecule has 1 aromatic carbocycles. The second kappa shape index (κ2) is 5.81. The van der Waals surface area contributed by atoms with E-state index in [9.17, 15) is 13.2 Å². The lowest BCUT2D eigenvalue weighted by atomic mass is 10.2. The molecule has 0 amide bonds. The van der Waals surface area contributed by atoms with Gasteiger partial charge in [-0.25, -0.2) is 13.1 Å². The maximum atomic E-state index is 12.1. The summed E-state index contributed by atoms with van der Waals surface area (Å²) in [5.74, 6) is -1.05. The van der Waals surface area contributed by atoms with Gasteiger partial charge in [-0.2, -0.15) is 0 Å². The lowest BCUT2D eigenvalue weighted by molar-refractivity contribution is -0.137. The first-order valence-electron chi connectivity index (χ1n) is 5.22. The van der Waals surface area contributed by atoms with Crippen LogP contribution in [0.5, 0.6) is 0 Å². The quantitative estimate of drug-likeness (QED) is 0.860. The highest BCUT2D eigenvalue weighted by Gasteiger charge is 2.21. The summed E-state index contributed by atoms with van der Waals surface area (Å²) in [6.45, 7) is 3.20. The first-order chi connectivity index (χ1) is 8.22. The van der Waals surface area contributed by atoms with Crippen molar-refractivity contribution in [2.45, 2.75) is 31.2 Å². The van der Waals surface area contributed by atoms with Crippen LogP contribution in [0.2, 0.25) is 0 Å². The van der Waals surface area contributed by atoms with Gasteiger partial charge in [0.15, 0.2) is 0 Å². The summed E-state index contributed by atoms with van der Waals surface area (Å²) >= 11 is 3.21. The van der Waals surface area contributed by atoms with E-state index in [1.165, 1.54) is 13.0 Å². The predicted octanol–water partition coefficient (Wildman–Crippen LogP) is 1.90. The van der Waals surface area contributed by atoms with Crippen molar-refractivity contribution >= 4 is 31.9 Å². The fourth-order valence-electron chi connectivity index (χ4n) is 1.50. The van der Waals surface area contributed by atoms with Crippen LogP contribution in [0.3, 0.4) is 0 Å². The van der Waals surface area contributed by atoms with Crippen molar-refractivity contribution in [1.29, 1.82) is 0 Å². The molecular weight excluding hydrogens is 322 g/mol. The average Bonchev–Trinajstić information content (AvgIpc) is 2.19. The van der Waals surface area contributed by atoms with Crippen molar-refractivity contribution < 1.29 is 18.3 Å². The van der Waals surface area contributed by atoms with Crippen molar-refractivity contribution in [3.8, 4) is 0 Å². The van der Waals surface area contributed by atoms with Crippen molar-refractivity contribution in [2.24, 2.45) is 0 Å². The zero-order chi connectivity index (χ0) is 13.9.